The van der Waals surface area contributed by atoms with Gasteiger partial charge < -0.3 is 5.32 Å². The molecule has 1 N–H and O–H groups in total. The molecule has 19 heavy (non-hydrogen) atoms. The predicted octanol–water partition coefficient (Wildman–Crippen LogP) is 1.82. The number of aromatic nitrogens is 1. The van der Waals surface area contributed by atoms with Crippen molar-refractivity contribution in [1.82, 2.24) is 15.2 Å². The minimum Gasteiger partial charge on any atom is -0.335 e. The minimum absolute atomic E-state index is 0.0137. The van der Waals surface area contributed by atoms with Crippen LogP contribution in [0.25, 0.3) is 10.9 Å². The van der Waals surface area contributed by atoms with E-state index >= 15 is 0 Å². The van der Waals surface area contributed by atoms with Crippen LogP contribution >= 0.6 is 0 Å². The molecule has 2 aromatic rings. The number of likely N-dealkylation sites (N-methyl/N-ethyl adjacent to an activating group) is 1. The summed E-state index contributed by atoms with van der Waals surface area (Å²) in [5.41, 5.74) is 1.44. The normalized spacial score (nSPS) is 19.9. The Kier molecular flexibility index (Phi) is 2.91. The number of halogens is 1. The molecule has 0 spiro atoms. The second-order valence-corrected chi connectivity index (χ2v) is 4.57. The number of hydrogen-bond acceptors (Lipinski definition) is 3. The van der Waals surface area contributed by atoms with Crippen molar-refractivity contribution in [3.63, 3.8) is 0 Å². The van der Waals surface area contributed by atoms with Gasteiger partial charge in [0.15, 0.2) is 0 Å². The van der Waals surface area contributed by atoms with E-state index in [1.807, 2.05) is 11.8 Å². The summed E-state index contributed by atoms with van der Waals surface area (Å²) >= 11 is 0. The molecule has 2 heterocycles. The fraction of sp³-hybridized carbons (Fsp3) is 0.286. The lowest BCUT2D eigenvalue weighted by Gasteiger charge is -2.22. The van der Waals surface area contributed by atoms with E-state index in [0.29, 0.717) is 17.4 Å². The molecule has 3 rings (SSSR count). The zero-order chi connectivity index (χ0) is 13.4. The van der Waals surface area contributed by atoms with E-state index in [0.717, 1.165) is 12.1 Å². The van der Waals surface area contributed by atoms with Crippen molar-refractivity contribution in [3.05, 3.63) is 41.8 Å². The van der Waals surface area contributed by atoms with Crippen molar-refractivity contribution < 1.29 is 9.18 Å². The van der Waals surface area contributed by atoms with Gasteiger partial charge >= 0.3 is 0 Å². The highest BCUT2D eigenvalue weighted by Crippen LogP contribution is 2.28. The first-order valence-corrected chi connectivity index (χ1v) is 6.27. The first-order valence-electron chi connectivity index (χ1n) is 6.27. The van der Waals surface area contributed by atoms with Crippen LogP contribution in [0.5, 0.6) is 0 Å². The van der Waals surface area contributed by atoms with Gasteiger partial charge in [-0.1, -0.05) is 13.0 Å². The number of benzene rings is 1. The van der Waals surface area contributed by atoms with Crippen LogP contribution in [0.1, 0.15) is 18.7 Å². The van der Waals surface area contributed by atoms with Crippen molar-refractivity contribution in [3.8, 4) is 0 Å². The van der Waals surface area contributed by atoms with Gasteiger partial charge in [0.1, 0.15) is 12.0 Å². The van der Waals surface area contributed by atoms with Crippen molar-refractivity contribution in [2.75, 3.05) is 13.1 Å². The monoisotopic (exact) mass is 259 g/mol. The van der Waals surface area contributed by atoms with Crippen LogP contribution in [-0.2, 0) is 4.79 Å². The predicted molar refractivity (Wildman–Crippen MR) is 69.8 cm³/mol. The van der Waals surface area contributed by atoms with E-state index < -0.39 is 0 Å². The number of carbonyl (C=O) groups excluding carboxylic acids is 1. The summed E-state index contributed by atoms with van der Waals surface area (Å²) in [5.74, 6) is -0.306. The number of hydrogen-bond donors (Lipinski definition) is 1. The third-order valence-corrected chi connectivity index (χ3v) is 3.46. The first kappa shape index (κ1) is 12.0. The largest absolute Gasteiger partial charge is 0.335 e. The Labute approximate surface area is 110 Å². The number of nitrogens with zero attached hydrogens (tertiary/aromatic N) is 2. The van der Waals surface area contributed by atoms with Gasteiger partial charge in [-0.2, -0.15) is 0 Å². The molecule has 5 heteroatoms. The summed E-state index contributed by atoms with van der Waals surface area (Å²) in [5, 5.41) is 3.39. The minimum atomic E-state index is -0.292. The molecule has 0 radical (unpaired) electrons. The summed E-state index contributed by atoms with van der Waals surface area (Å²) in [6.07, 6.45) is 1.41. The van der Waals surface area contributed by atoms with Crippen molar-refractivity contribution in [2.45, 2.75) is 13.1 Å². The smallest absolute Gasteiger partial charge is 0.235 e. The van der Waals surface area contributed by atoms with Gasteiger partial charge in [-0.25, -0.2) is 4.39 Å². The van der Waals surface area contributed by atoms with Gasteiger partial charge in [-0.05, 0) is 24.7 Å². The van der Waals surface area contributed by atoms with Gasteiger partial charge in [0, 0.05) is 17.1 Å². The summed E-state index contributed by atoms with van der Waals surface area (Å²) < 4.78 is 13.8. The van der Waals surface area contributed by atoms with Crippen LogP contribution < -0.4 is 5.32 Å². The Morgan fingerprint density at radius 3 is 3.11 bits per heavy atom. The summed E-state index contributed by atoms with van der Waals surface area (Å²) in [7, 11) is 0. The number of amides is 1. The second-order valence-electron chi connectivity index (χ2n) is 4.57. The van der Waals surface area contributed by atoms with E-state index in [1.165, 1.54) is 6.07 Å². The van der Waals surface area contributed by atoms with Gasteiger partial charge in [0.2, 0.25) is 5.91 Å². The molecule has 1 aliphatic heterocycles. The fourth-order valence-electron chi connectivity index (χ4n) is 2.51. The van der Waals surface area contributed by atoms with Gasteiger partial charge in [-0.15, -0.1) is 0 Å². The molecule has 1 atom stereocenters. The molecular formula is C14H14FN3O. The Balaban J connectivity index is 2.15. The molecule has 1 amide bonds. The van der Waals surface area contributed by atoms with Crippen LogP contribution in [-0.4, -0.2) is 28.9 Å². The molecule has 1 unspecified atom stereocenters. The van der Waals surface area contributed by atoms with Crippen LogP contribution in [0, 0.1) is 5.82 Å². The molecule has 0 bridgehead atoms. The topological polar surface area (TPSA) is 45.2 Å². The Morgan fingerprint density at radius 1 is 1.47 bits per heavy atom. The number of rotatable bonds is 2. The highest BCUT2D eigenvalue weighted by Gasteiger charge is 2.31. The summed E-state index contributed by atoms with van der Waals surface area (Å²) in [4.78, 5) is 17.8. The Hall–Kier alpha value is -2.01. The lowest BCUT2D eigenvalue weighted by molar-refractivity contribution is -0.118. The SMILES string of the molecule is CCN1CC(=O)NC1c1ccc(F)c2cccnc12. The molecule has 1 fully saturated rings. The van der Waals surface area contributed by atoms with E-state index in [9.17, 15) is 9.18 Å². The van der Waals surface area contributed by atoms with Crippen molar-refractivity contribution in [2.24, 2.45) is 0 Å². The quantitative estimate of drug-likeness (QED) is 0.894. The first-order chi connectivity index (χ1) is 9.20. The molecule has 1 aliphatic rings. The highest BCUT2D eigenvalue weighted by atomic mass is 19.1. The molecular weight excluding hydrogens is 245 g/mol. The zero-order valence-corrected chi connectivity index (χ0v) is 10.6. The van der Waals surface area contributed by atoms with E-state index in [4.69, 9.17) is 0 Å². The number of nitrogens with one attached hydrogen (secondary N) is 1. The van der Waals surface area contributed by atoms with E-state index in [-0.39, 0.29) is 17.9 Å². The standard InChI is InChI=1S/C14H14FN3O/c1-2-18-8-12(19)17-14(18)10-5-6-11(15)9-4-3-7-16-13(9)10/h3-7,14H,2,8H2,1H3,(H,17,19). The maximum atomic E-state index is 13.8. The third kappa shape index (κ3) is 1.96. The van der Waals surface area contributed by atoms with Crippen molar-refractivity contribution >= 4 is 16.8 Å². The maximum Gasteiger partial charge on any atom is 0.235 e. The van der Waals surface area contributed by atoms with Crippen LogP contribution in [0.15, 0.2) is 30.5 Å². The fourth-order valence-corrected chi connectivity index (χ4v) is 2.51. The Bertz CT molecular complexity index is 644. The molecule has 1 aromatic heterocycles. The molecule has 0 aliphatic carbocycles. The van der Waals surface area contributed by atoms with Gasteiger partial charge in [0.05, 0.1) is 12.1 Å². The average molecular weight is 259 g/mol. The lowest BCUT2D eigenvalue weighted by Crippen LogP contribution is -2.27. The highest BCUT2D eigenvalue weighted by molar-refractivity contribution is 5.85. The number of pyridine rings is 1. The molecule has 0 saturated carbocycles. The maximum absolute atomic E-state index is 13.8. The summed E-state index contributed by atoms with van der Waals surface area (Å²) in [6.45, 7) is 3.11. The number of carbonyl (C=O) groups is 1. The third-order valence-electron chi connectivity index (χ3n) is 3.46. The molecule has 98 valence electrons. The van der Waals surface area contributed by atoms with E-state index in [1.54, 1.807) is 24.4 Å². The zero-order valence-electron chi connectivity index (χ0n) is 10.6. The Morgan fingerprint density at radius 2 is 2.32 bits per heavy atom. The summed E-state index contributed by atoms with van der Waals surface area (Å²) in [6, 6.07) is 6.54. The lowest BCUT2D eigenvalue weighted by atomic mass is 10.1. The van der Waals surface area contributed by atoms with Crippen LogP contribution in [0.4, 0.5) is 4.39 Å². The van der Waals surface area contributed by atoms with Gasteiger partial charge in [-0.3, -0.25) is 14.7 Å². The van der Waals surface area contributed by atoms with Crippen LogP contribution in [0.2, 0.25) is 0 Å². The molecule has 1 saturated heterocycles. The number of fused-ring (bicyclic) bond motifs is 1. The van der Waals surface area contributed by atoms with Gasteiger partial charge in [0.25, 0.3) is 0 Å². The van der Waals surface area contributed by atoms with E-state index in [2.05, 4.69) is 10.3 Å². The average Bonchev–Trinajstić information content (AvgIpc) is 2.80. The molecule has 4 nitrogen and oxygen atoms in total. The second kappa shape index (κ2) is 4.59. The van der Waals surface area contributed by atoms with Crippen molar-refractivity contribution in [1.29, 1.82) is 0 Å². The molecule has 1 aromatic carbocycles. The van der Waals surface area contributed by atoms with Crippen LogP contribution in [0.3, 0.4) is 0 Å².